The molecule has 9 nitrogen and oxygen atoms in total. The minimum absolute atomic E-state index is 0.00121. The molecule has 1 aliphatic rings. The zero-order valence-corrected chi connectivity index (χ0v) is 15.2. The summed E-state index contributed by atoms with van der Waals surface area (Å²) in [5.41, 5.74) is 6.27. The van der Waals surface area contributed by atoms with E-state index in [-0.39, 0.29) is 5.91 Å². The average Bonchev–Trinajstić information content (AvgIpc) is 3.32. The van der Waals surface area contributed by atoms with Crippen molar-refractivity contribution in [3.8, 4) is 0 Å². The summed E-state index contributed by atoms with van der Waals surface area (Å²) in [6, 6.07) is 3.33. The molecule has 0 unspecified atom stereocenters. The summed E-state index contributed by atoms with van der Waals surface area (Å²) in [4.78, 5) is 22.5. The zero-order valence-electron chi connectivity index (χ0n) is 15.2. The number of piperidine rings is 1. The molecule has 0 saturated carbocycles. The molecule has 0 atom stereocenters. The standard InChI is InChI=1S/C18H22N8O/c1-24-16(11-25-9-6-20-12-25)22-23-17(24)13-3-7-26(8-4-13)18(27)14-2-5-21-15(19)10-14/h2,5-6,9-10,12-13H,3-4,7-8,11H2,1H3,(H2,19,21). The number of aromatic nitrogens is 6. The molecule has 1 fully saturated rings. The molecule has 0 spiro atoms. The smallest absolute Gasteiger partial charge is 0.254 e. The highest BCUT2D eigenvalue weighted by atomic mass is 16.2. The van der Waals surface area contributed by atoms with Crippen LogP contribution >= 0.6 is 0 Å². The van der Waals surface area contributed by atoms with Crippen LogP contribution in [0.25, 0.3) is 0 Å². The summed E-state index contributed by atoms with van der Waals surface area (Å²) in [5.74, 6) is 2.53. The SMILES string of the molecule is Cn1c(Cn2ccnc2)nnc1C1CCN(C(=O)c2ccnc(N)c2)CC1. The molecule has 4 rings (SSSR count). The second kappa shape index (κ2) is 7.18. The van der Waals surface area contributed by atoms with E-state index in [9.17, 15) is 4.79 Å². The number of carbonyl (C=O) groups is 1. The van der Waals surface area contributed by atoms with E-state index in [0.717, 1.165) is 24.5 Å². The fourth-order valence-electron chi connectivity index (χ4n) is 3.52. The lowest BCUT2D eigenvalue weighted by Crippen LogP contribution is -2.38. The molecule has 3 aromatic heterocycles. The molecule has 0 radical (unpaired) electrons. The van der Waals surface area contributed by atoms with Crippen molar-refractivity contribution in [2.24, 2.45) is 7.05 Å². The van der Waals surface area contributed by atoms with Crippen LogP contribution in [0.3, 0.4) is 0 Å². The first-order valence-electron chi connectivity index (χ1n) is 8.96. The monoisotopic (exact) mass is 366 g/mol. The Labute approximate surface area is 156 Å². The van der Waals surface area contributed by atoms with Gasteiger partial charge in [-0.25, -0.2) is 9.97 Å². The Morgan fingerprint density at radius 3 is 2.78 bits per heavy atom. The van der Waals surface area contributed by atoms with Crippen molar-refractivity contribution < 1.29 is 4.79 Å². The van der Waals surface area contributed by atoms with E-state index < -0.39 is 0 Å². The number of hydrogen-bond acceptors (Lipinski definition) is 6. The molecule has 9 heteroatoms. The third-order valence-electron chi connectivity index (χ3n) is 5.06. The zero-order chi connectivity index (χ0) is 18.8. The number of amides is 1. The first kappa shape index (κ1) is 17.2. The number of anilines is 1. The van der Waals surface area contributed by atoms with Gasteiger partial charge in [-0.2, -0.15) is 0 Å². The summed E-state index contributed by atoms with van der Waals surface area (Å²) in [5, 5.41) is 8.75. The van der Waals surface area contributed by atoms with E-state index >= 15 is 0 Å². The van der Waals surface area contributed by atoms with Crippen LogP contribution in [0.4, 0.5) is 5.82 Å². The molecule has 27 heavy (non-hydrogen) atoms. The number of carbonyl (C=O) groups excluding carboxylic acids is 1. The lowest BCUT2D eigenvalue weighted by Gasteiger charge is -2.31. The van der Waals surface area contributed by atoms with Gasteiger partial charge in [-0.05, 0) is 25.0 Å². The highest BCUT2D eigenvalue weighted by Gasteiger charge is 2.28. The van der Waals surface area contributed by atoms with Crippen LogP contribution in [0.15, 0.2) is 37.1 Å². The minimum atomic E-state index is 0.00121. The van der Waals surface area contributed by atoms with Crippen LogP contribution < -0.4 is 5.73 Å². The van der Waals surface area contributed by atoms with E-state index in [1.54, 1.807) is 30.9 Å². The van der Waals surface area contributed by atoms with Gasteiger partial charge in [-0.1, -0.05) is 0 Å². The van der Waals surface area contributed by atoms with Crippen molar-refractivity contribution >= 4 is 11.7 Å². The molecule has 0 aliphatic carbocycles. The number of imidazole rings is 1. The van der Waals surface area contributed by atoms with E-state index in [1.807, 2.05) is 22.7 Å². The molecule has 1 amide bonds. The van der Waals surface area contributed by atoms with Gasteiger partial charge in [0.25, 0.3) is 5.91 Å². The first-order chi connectivity index (χ1) is 13.1. The van der Waals surface area contributed by atoms with Gasteiger partial charge in [-0.15, -0.1) is 10.2 Å². The molecular weight excluding hydrogens is 344 g/mol. The van der Waals surface area contributed by atoms with Gasteiger partial charge in [0.1, 0.15) is 11.6 Å². The maximum absolute atomic E-state index is 12.6. The Kier molecular flexibility index (Phi) is 4.57. The summed E-state index contributed by atoms with van der Waals surface area (Å²) in [6.45, 7) is 2.02. The number of pyridine rings is 1. The van der Waals surface area contributed by atoms with E-state index in [4.69, 9.17) is 5.73 Å². The predicted octanol–water partition coefficient (Wildman–Crippen LogP) is 1.06. The second-order valence-electron chi connectivity index (χ2n) is 6.80. The van der Waals surface area contributed by atoms with Gasteiger partial charge in [0.15, 0.2) is 5.82 Å². The molecule has 0 bridgehead atoms. The van der Waals surface area contributed by atoms with E-state index in [2.05, 4.69) is 24.7 Å². The van der Waals surface area contributed by atoms with Gasteiger partial charge < -0.3 is 19.8 Å². The van der Waals surface area contributed by atoms with Crippen LogP contribution in [0.2, 0.25) is 0 Å². The lowest BCUT2D eigenvalue weighted by molar-refractivity contribution is 0.0710. The molecule has 140 valence electrons. The molecule has 2 N–H and O–H groups in total. The number of nitrogens with two attached hydrogens (primary N) is 1. The Morgan fingerprint density at radius 1 is 1.26 bits per heavy atom. The molecule has 3 aromatic rings. The largest absolute Gasteiger partial charge is 0.384 e. The maximum Gasteiger partial charge on any atom is 0.254 e. The van der Waals surface area contributed by atoms with E-state index in [0.29, 0.717) is 36.9 Å². The Hall–Kier alpha value is -3.23. The highest BCUT2D eigenvalue weighted by Crippen LogP contribution is 2.27. The molecular formula is C18H22N8O. The molecule has 0 aromatic carbocycles. The van der Waals surface area contributed by atoms with Crippen molar-refractivity contribution in [1.82, 2.24) is 34.2 Å². The lowest BCUT2D eigenvalue weighted by atomic mass is 9.95. The summed E-state index contributed by atoms with van der Waals surface area (Å²) < 4.78 is 4.03. The van der Waals surface area contributed by atoms with Crippen LogP contribution in [0.5, 0.6) is 0 Å². The fourth-order valence-corrected chi connectivity index (χ4v) is 3.52. The van der Waals surface area contributed by atoms with Gasteiger partial charge in [0.2, 0.25) is 0 Å². The normalized spacial score (nSPS) is 15.2. The van der Waals surface area contributed by atoms with Gasteiger partial charge >= 0.3 is 0 Å². The van der Waals surface area contributed by atoms with Crippen molar-refractivity contribution in [3.05, 3.63) is 54.3 Å². The van der Waals surface area contributed by atoms with Crippen molar-refractivity contribution in [2.75, 3.05) is 18.8 Å². The first-order valence-corrected chi connectivity index (χ1v) is 8.96. The molecule has 1 aliphatic heterocycles. The third kappa shape index (κ3) is 3.53. The van der Waals surface area contributed by atoms with Crippen LogP contribution in [0.1, 0.15) is 40.8 Å². The summed E-state index contributed by atoms with van der Waals surface area (Å²) in [7, 11) is 2.00. The highest BCUT2D eigenvalue weighted by molar-refractivity contribution is 5.94. The summed E-state index contributed by atoms with van der Waals surface area (Å²) in [6.07, 6.45) is 8.72. The number of nitrogen functional groups attached to an aromatic ring is 1. The van der Waals surface area contributed by atoms with E-state index in [1.165, 1.54) is 0 Å². The Morgan fingerprint density at radius 2 is 2.07 bits per heavy atom. The number of likely N-dealkylation sites (tertiary alicyclic amines) is 1. The average molecular weight is 366 g/mol. The number of nitrogens with zero attached hydrogens (tertiary/aromatic N) is 7. The number of rotatable bonds is 4. The predicted molar refractivity (Wildman–Crippen MR) is 98.9 cm³/mol. The summed E-state index contributed by atoms with van der Waals surface area (Å²) >= 11 is 0. The van der Waals surface area contributed by atoms with Crippen LogP contribution in [-0.2, 0) is 13.6 Å². The van der Waals surface area contributed by atoms with Crippen molar-refractivity contribution in [1.29, 1.82) is 0 Å². The Bertz CT molecular complexity index is 925. The fraction of sp³-hybridized carbons (Fsp3) is 0.389. The number of hydrogen-bond donors (Lipinski definition) is 1. The van der Waals surface area contributed by atoms with Crippen LogP contribution in [-0.4, -0.2) is 53.2 Å². The molecule has 4 heterocycles. The topological polar surface area (TPSA) is 108 Å². The minimum Gasteiger partial charge on any atom is -0.384 e. The van der Waals surface area contributed by atoms with Crippen molar-refractivity contribution in [3.63, 3.8) is 0 Å². The quantitative estimate of drug-likeness (QED) is 0.740. The maximum atomic E-state index is 12.6. The Balaban J connectivity index is 1.41. The third-order valence-corrected chi connectivity index (χ3v) is 5.06. The molecule has 1 saturated heterocycles. The van der Waals surface area contributed by atoms with Gasteiger partial charge in [0, 0.05) is 50.2 Å². The van der Waals surface area contributed by atoms with Gasteiger partial charge in [0.05, 0.1) is 12.9 Å². The van der Waals surface area contributed by atoms with Crippen LogP contribution in [0, 0.1) is 0 Å². The second-order valence-corrected chi connectivity index (χ2v) is 6.80. The van der Waals surface area contributed by atoms with Gasteiger partial charge in [-0.3, -0.25) is 4.79 Å². The van der Waals surface area contributed by atoms with Crippen molar-refractivity contribution in [2.45, 2.75) is 25.3 Å².